The fourth-order valence-corrected chi connectivity index (χ4v) is 2.91. The van der Waals surface area contributed by atoms with Crippen molar-refractivity contribution in [3.05, 3.63) is 35.4 Å². The number of hydrogen-bond donors (Lipinski definition) is 1. The van der Waals surface area contributed by atoms with Crippen molar-refractivity contribution < 1.29 is 9.84 Å². The van der Waals surface area contributed by atoms with Gasteiger partial charge < -0.3 is 9.84 Å². The van der Waals surface area contributed by atoms with E-state index in [0.29, 0.717) is 6.10 Å². The molecular formula is C19H30O2. The van der Waals surface area contributed by atoms with Crippen molar-refractivity contribution in [2.75, 3.05) is 6.61 Å². The molecule has 1 aromatic rings. The topological polar surface area (TPSA) is 29.5 Å². The molecule has 1 heterocycles. The molecule has 1 aromatic carbocycles. The van der Waals surface area contributed by atoms with Gasteiger partial charge in [0.1, 0.15) is 0 Å². The minimum atomic E-state index is -0.366. The van der Waals surface area contributed by atoms with E-state index in [1.807, 2.05) is 0 Å². The van der Waals surface area contributed by atoms with Crippen LogP contribution in [0.1, 0.15) is 76.5 Å². The summed E-state index contributed by atoms with van der Waals surface area (Å²) in [6.07, 6.45) is 6.46. The van der Waals surface area contributed by atoms with Gasteiger partial charge in [-0.05, 0) is 55.1 Å². The van der Waals surface area contributed by atoms with Gasteiger partial charge in [-0.1, -0.05) is 45.0 Å². The van der Waals surface area contributed by atoms with E-state index in [2.05, 4.69) is 45.0 Å². The molecule has 1 saturated heterocycles. The molecule has 0 saturated carbocycles. The molecule has 1 fully saturated rings. The van der Waals surface area contributed by atoms with Gasteiger partial charge in [-0.15, -0.1) is 0 Å². The van der Waals surface area contributed by atoms with E-state index in [9.17, 15) is 5.11 Å². The Labute approximate surface area is 129 Å². The summed E-state index contributed by atoms with van der Waals surface area (Å²) in [6, 6.07) is 8.50. The average Bonchev–Trinajstić information content (AvgIpc) is 2.53. The summed E-state index contributed by atoms with van der Waals surface area (Å²) in [5, 5.41) is 10.3. The van der Waals surface area contributed by atoms with Crippen molar-refractivity contribution in [1.29, 1.82) is 0 Å². The Morgan fingerprint density at radius 1 is 1.24 bits per heavy atom. The Hall–Kier alpha value is -0.860. The van der Waals surface area contributed by atoms with E-state index in [0.717, 1.165) is 37.9 Å². The molecule has 1 aliphatic heterocycles. The Morgan fingerprint density at radius 2 is 1.95 bits per heavy atom. The van der Waals surface area contributed by atoms with E-state index in [1.54, 1.807) is 0 Å². The lowest BCUT2D eigenvalue weighted by atomic mass is 9.82. The van der Waals surface area contributed by atoms with Crippen molar-refractivity contribution in [1.82, 2.24) is 0 Å². The molecule has 0 amide bonds. The summed E-state index contributed by atoms with van der Waals surface area (Å²) in [5.41, 5.74) is 2.58. The molecule has 1 aliphatic rings. The van der Waals surface area contributed by atoms with Gasteiger partial charge in [0, 0.05) is 6.61 Å². The summed E-state index contributed by atoms with van der Waals surface area (Å²) in [5.74, 6) is 0. The number of hydrogen-bond acceptors (Lipinski definition) is 2. The summed E-state index contributed by atoms with van der Waals surface area (Å²) in [6.45, 7) is 7.63. The molecular weight excluding hydrogens is 260 g/mol. The third-order valence-corrected chi connectivity index (χ3v) is 5.00. The molecule has 2 heteroatoms. The summed E-state index contributed by atoms with van der Waals surface area (Å²) in [4.78, 5) is 0. The number of rotatable bonds is 6. The van der Waals surface area contributed by atoms with Crippen LogP contribution in [0, 0.1) is 0 Å². The molecule has 2 rings (SSSR count). The monoisotopic (exact) mass is 290 g/mol. The van der Waals surface area contributed by atoms with Crippen LogP contribution < -0.4 is 0 Å². The van der Waals surface area contributed by atoms with Gasteiger partial charge in [0.05, 0.1) is 12.2 Å². The van der Waals surface area contributed by atoms with Crippen LogP contribution in [0.3, 0.4) is 0 Å². The molecule has 1 N–H and O–H groups in total. The normalized spacial score (nSPS) is 21.2. The Bertz CT molecular complexity index is 416. The Morgan fingerprint density at radius 3 is 2.52 bits per heavy atom. The van der Waals surface area contributed by atoms with Gasteiger partial charge in [-0.3, -0.25) is 0 Å². The minimum absolute atomic E-state index is 0.208. The van der Waals surface area contributed by atoms with Crippen molar-refractivity contribution in [2.45, 2.75) is 76.9 Å². The molecule has 0 bridgehead atoms. The van der Waals surface area contributed by atoms with E-state index in [-0.39, 0.29) is 11.5 Å². The second-order valence-corrected chi connectivity index (χ2v) is 6.94. The van der Waals surface area contributed by atoms with E-state index in [4.69, 9.17) is 4.74 Å². The fraction of sp³-hybridized carbons (Fsp3) is 0.684. The second kappa shape index (κ2) is 7.42. The molecule has 21 heavy (non-hydrogen) atoms. The highest BCUT2D eigenvalue weighted by molar-refractivity contribution is 5.29. The highest BCUT2D eigenvalue weighted by Crippen LogP contribution is 2.29. The Balaban J connectivity index is 1.88. The summed E-state index contributed by atoms with van der Waals surface area (Å²) in [7, 11) is 0. The van der Waals surface area contributed by atoms with Crippen LogP contribution in [-0.4, -0.2) is 17.8 Å². The highest BCUT2D eigenvalue weighted by Gasteiger charge is 2.19. The van der Waals surface area contributed by atoms with Crippen LogP contribution in [0.25, 0.3) is 0 Å². The molecule has 2 unspecified atom stereocenters. The van der Waals surface area contributed by atoms with Gasteiger partial charge in [0.15, 0.2) is 0 Å². The molecule has 0 radical (unpaired) electrons. The van der Waals surface area contributed by atoms with Gasteiger partial charge >= 0.3 is 0 Å². The van der Waals surface area contributed by atoms with Crippen molar-refractivity contribution in [3.63, 3.8) is 0 Å². The largest absolute Gasteiger partial charge is 0.388 e. The number of aliphatic hydroxyl groups is 1. The summed E-state index contributed by atoms with van der Waals surface area (Å²) >= 11 is 0. The van der Waals surface area contributed by atoms with Crippen LogP contribution in [0.2, 0.25) is 0 Å². The van der Waals surface area contributed by atoms with Crippen molar-refractivity contribution >= 4 is 0 Å². The van der Waals surface area contributed by atoms with Crippen LogP contribution >= 0.6 is 0 Å². The zero-order valence-corrected chi connectivity index (χ0v) is 13.8. The third-order valence-electron chi connectivity index (χ3n) is 5.00. The average molecular weight is 290 g/mol. The first-order valence-corrected chi connectivity index (χ1v) is 8.43. The maximum absolute atomic E-state index is 10.3. The Kier molecular flexibility index (Phi) is 5.83. The lowest BCUT2D eigenvalue weighted by Gasteiger charge is -2.25. The third kappa shape index (κ3) is 4.55. The van der Waals surface area contributed by atoms with Crippen molar-refractivity contribution in [3.8, 4) is 0 Å². The second-order valence-electron chi connectivity index (χ2n) is 6.94. The van der Waals surface area contributed by atoms with E-state index < -0.39 is 0 Å². The SMILES string of the molecule is CCC(C)(C)c1ccc(C(O)CCC2CCCCO2)cc1. The molecule has 0 aromatic heterocycles. The fourth-order valence-electron chi connectivity index (χ4n) is 2.91. The minimum Gasteiger partial charge on any atom is -0.388 e. The first-order chi connectivity index (χ1) is 10.0. The van der Waals surface area contributed by atoms with E-state index >= 15 is 0 Å². The van der Waals surface area contributed by atoms with Crippen LogP contribution in [0.5, 0.6) is 0 Å². The maximum atomic E-state index is 10.3. The predicted octanol–water partition coefficient (Wildman–Crippen LogP) is 4.76. The van der Waals surface area contributed by atoms with Gasteiger partial charge in [-0.25, -0.2) is 0 Å². The van der Waals surface area contributed by atoms with E-state index in [1.165, 1.54) is 18.4 Å². The zero-order valence-electron chi connectivity index (χ0n) is 13.8. The molecule has 0 aliphatic carbocycles. The predicted molar refractivity (Wildman–Crippen MR) is 87.5 cm³/mol. The maximum Gasteiger partial charge on any atom is 0.0791 e. The first kappa shape index (κ1) is 16.5. The highest BCUT2D eigenvalue weighted by atomic mass is 16.5. The van der Waals surface area contributed by atoms with Gasteiger partial charge in [-0.2, -0.15) is 0 Å². The lowest BCUT2D eigenvalue weighted by Crippen LogP contribution is -2.19. The standard InChI is InChI=1S/C19H30O2/c1-4-19(2,3)16-10-8-15(9-11-16)18(20)13-12-17-7-5-6-14-21-17/h8-11,17-18,20H,4-7,12-14H2,1-3H3. The smallest absolute Gasteiger partial charge is 0.0791 e. The number of aliphatic hydroxyl groups excluding tert-OH is 1. The zero-order chi connectivity index (χ0) is 15.3. The molecule has 2 atom stereocenters. The van der Waals surface area contributed by atoms with Crippen LogP contribution in [-0.2, 0) is 10.2 Å². The van der Waals surface area contributed by atoms with Gasteiger partial charge in [0.25, 0.3) is 0 Å². The lowest BCUT2D eigenvalue weighted by molar-refractivity contribution is 0.00213. The number of benzene rings is 1. The van der Waals surface area contributed by atoms with Crippen LogP contribution in [0.15, 0.2) is 24.3 Å². The molecule has 2 nitrogen and oxygen atoms in total. The van der Waals surface area contributed by atoms with Crippen molar-refractivity contribution in [2.24, 2.45) is 0 Å². The van der Waals surface area contributed by atoms with Gasteiger partial charge in [0.2, 0.25) is 0 Å². The van der Waals surface area contributed by atoms with Crippen LogP contribution in [0.4, 0.5) is 0 Å². The molecule has 0 spiro atoms. The number of ether oxygens (including phenoxy) is 1. The molecule has 118 valence electrons. The summed E-state index contributed by atoms with van der Waals surface area (Å²) < 4.78 is 5.73. The quantitative estimate of drug-likeness (QED) is 0.818. The first-order valence-electron chi connectivity index (χ1n) is 8.43.